The van der Waals surface area contributed by atoms with Crippen LogP contribution in [0.15, 0.2) is 48.5 Å². The van der Waals surface area contributed by atoms with Crippen LogP contribution >= 0.6 is 0 Å². The molecule has 1 fully saturated rings. The van der Waals surface area contributed by atoms with Crippen molar-refractivity contribution in [2.75, 3.05) is 19.7 Å². The minimum absolute atomic E-state index is 0.223. The number of benzene rings is 2. The van der Waals surface area contributed by atoms with Gasteiger partial charge in [0.25, 0.3) is 0 Å². The summed E-state index contributed by atoms with van der Waals surface area (Å²) in [7, 11) is 0. The largest absolute Gasteiger partial charge is 0.484 e. The highest BCUT2D eigenvalue weighted by Gasteiger charge is 2.28. The summed E-state index contributed by atoms with van der Waals surface area (Å²) in [6.07, 6.45) is -2.35. The summed E-state index contributed by atoms with van der Waals surface area (Å²) >= 11 is 0. The maximum absolute atomic E-state index is 13.0. The van der Waals surface area contributed by atoms with Gasteiger partial charge >= 0.3 is 6.18 Å². The van der Waals surface area contributed by atoms with Crippen LogP contribution in [0.1, 0.15) is 24.0 Å². The van der Waals surface area contributed by atoms with E-state index < -0.39 is 12.8 Å². The molecule has 1 N–H and O–H groups in total. The van der Waals surface area contributed by atoms with Crippen molar-refractivity contribution in [3.8, 4) is 5.75 Å². The van der Waals surface area contributed by atoms with E-state index in [-0.39, 0.29) is 11.6 Å². The summed E-state index contributed by atoms with van der Waals surface area (Å²) in [4.78, 5) is 2.34. The Bertz CT molecular complexity index is 741. The molecule has 152 valence electrons. The van der Waals surface area contributed by atoms with Crippen molar-refractivity contribution in [1.29, 1.82) is 0 Å². The van der Waals surface area contributed by atoms with E-state index >= 15 is 0 Å². The van der Waals surface area contributed by atoms with E-state index in [0.29, 0.717) is 12.6 Å². The average molecular weight is 396 g/mol. The first-order valence-corrected chi connectivity index (χ1v) is 9.36. The number of hydrogen-bond acceptors (Lipinski definition) is 3. The smallest absolute Gasteiger partial charge is 0.422 e. The Kier molecular flexibility index (Phi) is 6.91. The zero-order chi connectivity index (χ0) is 20.0. The Hall–Kier alpha value is -2.12. The van der Waals surface area contributed by atoms with Gasteiger partial charge in [-0.05, 0) is 61.3 Å². The molecule has 2 aromatic carbocycles. The van der Waals surface area contributed by atoms with Gasteiger partial charge in [0.15, 0.2) is 6.61 Å². The molecule has 1 aliphatic rings. The summed E-state index contributed by atoms with van der Waals surface area (Å²) < 4.78 is 54.6. The fraction of sp³-hybridized carbons (Fsp3) is 0.429. The average Bonchev–Trinajstić information content (AvgIpc) is 2.67. The molecule has 0 unspecified atom stereocenters. The molecule has 3 rings (SSSR count). The Morgan fingerprint density at radius 1 is 1.00 bits per heavy atom. The van der Waals surface area contributed by atoms with Gasteiger partial charge in [-0.15, -0.1) is 0 Å². The first-order chi connectivity index (χ1) is 13.4. The first kappa shape index (κ1) is 20.6. The third-order valence-electron chi connectivity index (χ3n) is 4.80. The van der Waals surface area contributed by atoms with Crippen molar-refractivity contribution in [3.63, 3.8) is 0 Å². The van der Waals surface area contributed by atoms with E-state index in [1.807, 2.05) is 18.2 Å². The van der Waals surface area contributed by atoms with E-state index in [1.165, 1.54) is 18.2 Å². The van der Waals surface area contributed by atoms with Gasteiger partial charge in [-0.3, -0.25) is 4.90 Å². The lowest BCUT2D eigenvalue weighted by atomic mass is 10.0. The maximum atomic E-state index is 13.0. The second kappa shape index (κ2) is 9.39. The van der Waals surface area contributed by atoms with Crippen molar-refractivity contribution in [1.82, 2.24) is 10.2 Å². The molecule has 3 nitrogen and oxygen atoms in total. The molecule has 0 aliphatic carbocycles. The third kappa shape index (κ3) is 6.80. The molecule has 0 aromatic heterocycles. The maximum Gasteiger partial charge on any atom is 0.422 e. The van der Waals surface area contributed by atoms with Gasteiger partial charge in [-0.1, -0.05) is 24.3 Å². The van der Waals surface area contributed by atoms with Crippen LogP contribution in [0.3, 0.4) is 0 Å². The number of rotatable bonds is 7. The Labute approximate surface area is 162 Å². The minimum atomic E-state index is -4.34. The number of hydrogen-bond donors (Lipinski definition) is 1. The zero-order valence-electron chi connectivity index (χ0n) is 15.5. The van der Waals surface area contributed by atoms with Crippen molar-refractivity contribution < 1.29 is 22.3 Å². The molecule has 1 aliphatic heterocycles. The molecule has 0 radical (unpaired) electrons. The number of nitrogens with zero attached hydrogens (tertiary/aromatic N) is 1. The van der Waals surface area contributed by atoms with Crippen molar-refractivity contribution >= 4 is 0 Å². The fourth-order valence-electron chi connectivity index (χ4n) is 3.32. The molecule has 0 saturated carbocycles. The quantitative estimate of drug-likeness (QED) is 0.697. The summed E-state index contributed by atoms with van der Waals surface area (Å²) in [5.41, 5.74) is 2.00. The molecular weight excluding hydrogens is 372 g/mol. The van der Waals surface area contributed by atoms with Crippen LogP contribution in [0, 0.1) is 5.82 Å². The molecule has 0 atom stereocenters. The molecule has 1 heterocycles. The summed E-state index contributed by atoms with van der Waals surface area (Å²) in [5, 5.41) is 3.48. The van der Waals surface area contributed by atoms with Crippen LogP contribution < -0.4 is 10.1 Å². The van der Waals surface area contributed by atoms with Crippen molar-refractivity contribution in [2.45, 2.75) is 38.1 Å². The Morgan fingerprint density at radius 2 is 1.71 bits per heavy atom. The lowest BCUT2D eigenvalue weighted by molar-refractivity contribution is -0.153. The lowest BCUT2D eigenvalue weighted by Crippen LogP contribution is -2.41. The molecule has 0 spiro atoms. The number of ether oxygens (including phenoxy) is 1. The number of piperidine rings is 1. The highest BCUT2D eigenvalue weighted by Crippen LogP contribution is 2.20. The first-order valence-electron chi connectivity index (χ1n) is 9.36. The highest BCUT2D eigenvalue weighted by molar-refractivity contribution is 5.28. The van der Waals surface area contributed by atoms with Crippen LogP contribution in [0.25, 0.3) is 0 Å². The van der Waals surface area contributed by atoms with Crippen LogP contribution in [0.2, 0.25) is 0 Å². The molecule has 0 amide bonds. The number of alkyl halides is 3. The number of nitrogens with one attached hydrogen (secondary N) is 1. The fourth-order valence-corrected chi connectivity index (χ4v) is 3.32. The number of likely N-dealkylation sites (tertiary alicyclic amines) is 1. The van der Waals surface area contributed by atoms with E-state index in [2.05, 4.69) is 10.2 Å². The van der Waals surface area contributed by atoms with Crippen LogP contribution in [-0.2, 0) is 13.1 Å². The van der Waals surface area contributed by atoms with Crippen LogP contribution in [0.5, 0.6) is 5.75 Å². The lowest BCUT2D eigenvalue weighted by Gasteiger charge is -2.32. The normalized spacial score (nSPS) is 16.3. The molecular formula is C21H24F4N2O. The molecule has 7 heteroatoms. The van der Waals surface area contributed by atoms with Crippen molar-refractivity contribution in [2.24, 2.45) is 0 Å². The Morgan fingerprint density at radius 3 is 2.39 bits per heavy atom. The monoisotopic (exact) mass is 396 g/mol. The molecule has 2 aromatic rings. The summed E-state index contributed by atoms with van der Waals surface area (Å²) in [6.45, 7) is 2.02. The molecule has 28 heavy (non-hydrogen) atoms. The van der Waals surface area contributed by atoms with E-state index in [0.717, 1.165) is 43.6 Å². The Balaban J connectivity index is 1.41. The van der Waals surface area contributed by atoms with Gasteiger partial charge in [0, 0.05) is 19.1 Å². The molecule has 1 saturated heterocycles. The second-order valence-corrected chi connectivity index (χ2v) is 7.11. The van der Waals surface area contributed by atoms with Crippen LogP contribution in [0.4, 0.5) is 17.6 Å². The summed E-state index contributed by atoms with van der Waals surface area (Å²) in [5.74, 6) is 0.00489. The predicted octanol–water partition coefficient (Wildman–Crippen LogP) is 4.52. The predicted molar refractivity (Wildman–Crippen MR) is 99.5 cm³/mol. The number of halogens is 4. The third-order valence-corrected chi connectivity index (χ3v) is 4.80. The zero-order valence-corrected chi connectivity index (χ0v) is 15.5. The van der Waals surface area contributed by atoms with Gasteiger partial charge in [0.1, 0.15) is 11.6 Å². The van der Waals surface area contributed by atoms with Gasteiger partial charge < -0.3 is 10.1 Å². The van der Waals surface area contributed by atoms with E-state index in [1.54, 1.807) is 12.1 Å². The van der Waals surface area contributed by atoms with Gasteiger partial charge in [0.2, 0.25) is 0 Å². The SMILES string of the molecule is Fc1ccc(CN2CCC(NCc3cccc(OCC(F)(F)F)c3)CC2)cc1. The van der Waals surface area contributed by atoms with E-state index in [4.69, 9.17) is 4.74 Å². The van der Waals surface area contributed by atoms with Crippen molar-refractivity contribution in [3.05, 3.63) is 65.5 Å². The summed E-state index contributed by atoms with van der Waals surface area (Å²) in [6, 6.07) is 13.7. The topological polar surface area (TPSA) is 24.5 Å². The molecule has 0 bridgehead atoms. The standard InChI is InChI=1S/C21H24F4N2O/c22-18-6-4-16(5-7-18)14-27-10-8-19(9-11-27)26-13-17-2-1-3-20(12-17)28-15-21(23,24)25/h1-7,12,19,26H,8-11,13-15H2. The van der Waals surface area contributed by atoms with Crippen LogP contribution in [-0.4, -0.2) is 36.8 Å². The highest BCUT2D eigenvalue weighted by atomic mass is 19.4. The van der Waals surface area contributed by atoms with Gasteiger partial charge in [0.05, 0.1) is 0 Å². The van der Waals surface area contributed by atoms with Gasteiger partial charge in [-0.25, -0.2) is 4.39 Å². The minimum Gasteiger partial charge on any atom is -0.484 e. The second-order valence-electron chi connectivity index (χ2n) is 7.11. The van der Waals surface area contributed by atoms with E-state index in [9.17, 15) is 17.6 Å². The van der Waals surface area contributed by atoms with Gasteiger partial charge in [-0.2, -0.15) is 13.2 Å².